The largest absolute Gasteiger partial charge is 0.382 e. The van der Waals surface area contributed by atoms with Crippen molar-refractivity contribution in [1.29, 1.82) is 0 Å². The fourth-order valence-electron chi connectivity index (χ4n) is 2.96. The predicted octanol–water partition coefficient (Wildman–Crippen LogP) is 6.43. The summed E-state index contributed by atoms with van der Waals surface area (Å²) in [6.07, 6.45) is 4.56. The summed E-state index contributed by atoms with van der Waals surface area (Å²) >= 11 is 9.66. The van der Waals surface area contributed by atoms with Gasteiger partial charge in [-0.15, -0.1) is 23.7 Å². The normalized spacial score (nSPS) is 10.3. The van der Waals surface area contributed by atoms with E-state index in [1.165, 1.54) is 23.9 Å². The molecule has 168 valence electrons. The van der Waals surface area contributed by atoms with E-state index in [2.05, 4.69) is 49.2 Å². The number of nitrogens with one attached hydrogen (secondary N) is 1. The Bertz CT molecular complexity index is 1500. The fraction of sp³-hybridized carbons (Fsp3) is 0. The van der Waals surface area contributed by atoms with Crippen molar-refractivity contribution >= 4 is 74.6 Å². The zero-order valence-corrected chi connectivity index (χ0v) is 20.6. The van der Waals surface area contributed by atoms with Crippen LogP contribution in [0.4, 0.5) is 17.3 Å². The van der Waals surface area contributed by atoms with Crippen molar-refractivity contribution in [3.63, 3.8) is 0 Å². The van der Waals surface area contributed by atoms with E-state index in [1.54, 1.807) is 18.0 Å². The van der Waals surface area contributed by atoms with Crippen molar-refractivity contribution in [2.24, 2.45) is 0 Å². The first-order chi connectivity index (χ1) is 16.1. The summed E-state index contributed by atoms with van der Waals surface area (Å²) in [6, 6.07) is 18.0. The van der Waals surface area contributed by atoms with Gasteiger partial charge in [-0.3, -0.25) is 0 Å². The molecule has 0 atom stereocenters. The van der Waals surface area contributed by atoms with Crippen LogP contribution in [0, 0.1) is 11.8 Å². The lowest BCUT2D eigenvalue weighted by Crippen LogP contribution is -1.94. The second kappa shape index (κ2) is 10.7. The molecule has 6 nitrogen and oxygen atoms in total. The number of nitrogens with two attached hydrogens (primary N) is 1. The minimum absolute atomic E-state index is 0. The number of thiophene rings is 1. The van der Waals surface area contributed by atoms with Gasteiger partial charge in [-0.25, -0.2) is 19.9 Å². The van der Waals surface area contributed by atoms with Crippen LogP contribution in [-0.4, -0.2) is 19.9 Å². The predicted molar refractivity (Wildman–Crippen MR) is 142 cm³/mol. The first kappa shape index (κ1) is 23.8. The summed E-state index contributed by atoms with van der Waals surface area (Å²) in [7, 11) is 0. The van der Waals surface area contributed by atoms with E-state index in [0.717, 1.165) is 30.6 Å². The highest BCUT2D eigenvalue weighted by Gasteiger charge is 2.10. The molecule has 0 saturated heterocycles. The average Bonchev–Trinajstić information content (AvgIpc) is 3.25. The highest BCUT2D eigenvalue weighted by Crippen LogP contribution is 2.36. The molecule has 0 bridgehead atoms. The number of benzene rings is 2. The van der Waals surface area contributed by atoms with Crippen LogP contribution in [0.25, 0.3) is 10.2 Å². The first-order valence-electron chi connectivity index (χ1n) is 9.77. The maximum absolute atomic E-state index is 6.55. The summed E-state index contributed by atoms with van der Waals surface area (Å²) in [5.74, 6) is 7.15. The molecule has 3 N–H and O–H groups in total. The Hall–Kier alpha value is -3.35. The van der Waals surface area contributed by atoms with Gasteiger partial charge in [-0.2, -0.15) is 0 Å². The molecule has 34 heavy (non-hydrogen) atoms. The Kier molecular flexibility index (Phi) is 7.50. The zero-order chi connectivity index (χ0) is 22.6. The summed E-state index contributed by atoms with van der Waals surface area (Å²) in [5, 5.41) is 4.90. The van der Waals surface area contributed by atoms with Crippen LogP contribution in [0.3, 0.4) is 0 Å². The molecule has 0 unspecified atom stereocenters. The number of halogens is 2. The van der Waals surface area contributed by atoms with E-state index in [-0.39, 0.29) is 12.4 Å². The van der Waals surface area contributed by atoms with Crippen LogP contribution >= 0.6 is 47.1 Å². The van der Waals surface area contributed by atoms with Gasteiger partial charge in [0.25, 0.3) is 0 Å². The molecular formula is C24H16Cl2N6S2. The van der Waals surface area contributed by atoms with Crippen LogP contribution in [0.15, 0.2) is 83.1 Å². The van der Waals surface area contributed by atoms with Crippen molar-refractivity contribution < 1.29 is 0 Å². The van der Waals surface area contributed by atoms with E-state index in [1.807, 2.05) is 42.5 Å². The maximum Gasteiger partial charge on any atom is 0.142 e. The quantitative estimate of drug-likeness (QED) is 0.262. The molecule has 5 aromatic rings. The summed E-state index contributed by atoms with van der Waals surface area (Å²) in [4.78, 5) is 20.7. The van der Waals surface area contributed by atoms with Crippen LogP contribution in [-0.2, 0) is 0 Å². The van der Waals surface area contributed by atoms with E-state index in [4.69, 9.17) is 17.3 Å². The van der Waals surface area contributed by atoms with E-state index < -0.39 is 0 Å². The van der Waals surface area contributed by atoms with Gasteiger partial charge in [-0.05, 0) is 48.2 Å². The van der Waals surface area contributed by atoms with E-state index in [0.29, 0.717) is 22.4 Å². The maximum atomic E-state index is 6.55. The summed E-state index contributed by atoms with van der Waals surface area (Å²) in [5.41, 5.74) is 6.96. The molecule has 0 aliphatic carbocycles. The third kappa shape index (κ3) is 5.58. The molecule has 3 aromatic heterocycles. The molecule has 2 aromatic carbocycles. The second-order valence-electron chi connectivity index (χ2n) is 6.81. The standard InChI is InChI=1S/C24H15ClN6S2.ClH/c25-20-10-15(7-9-21(20)32-17-4-2-1-3-5-17)31-23-19-11-18(33-24(19)30-14-29-23)8-6-16-12-28-22(26)13-27-16;/h1-5,7,9-14H,(H2,26,28)(H,29,30,31);1H. The number of anilines is 3. The highest BCUT2D eigenvalue weighted by atomic mass is 35.5. The van der Waals surface area contributed by atoms with Crippen molar-refractivity contribution in [1.82, 2.24) is 19.9 Å². The van der Waals surface area contributed by atoms with Crippen LogP contribution in [0.2, 0.25) is 5.02 Å². The molecule has 0 amide bonds. The monoisotopic (exact) mass is 522 g/mol. The third-order valence-corrected chi connectivity index (χ3v) is 6.95. The summed E-state index contributed by atoms with van der Waals surface area (Å²) in [6.45, 7) is 0. The zero-order valence-electron chi connectivity index (χ0n) is 17.4. The number of nitrogen functional groups attached to an aromatic ring is 1. The highest BCUT2D eigenvalue weighted by molar-refractivity contribution is 7.99. The van der Waals surface area contributed by atoms with E-state index >= 15 is 0 Å². The lowest BCUT2D eigenvalue weighted by Gasteiger charge is -2.09. The molecule has 0 aliphatic rings. The van der Waals surface area contributed by atoms with Crippen molar-refractivity contribution in [3.8, 4) is 11.8 Å². The Morgan fingerprint density at radius 3 is 2.56 bits per heavy atom. The van der Waals surface area contributed by atoms with Gasteiger partial charge in [-0.1, -0.05) is 41.6 Å². The molecule has 0 aliphatic heterocycles. The van der Waals surface area contributed by atoms with Gasteiger partial charge >= 0.3 is 0 Å². The minimum atomic E-state index is 0. The molecule has 3 heterocycles. The van der Waals surface area contributed by atoms with Gasteiger partial charge in [0, 0.05) is 15.5 Å². The fourth-order valence-corrected chi connectivity index (χ4v) is 4.95. The molecule has 0 radical (unpaired) electrons. The minimum Gasteiger partial charge on any atom is -0.382 e. The van der Waals surface area contributed by atoms with Crippen LogP contribution in [0.5, 0.6) is 0 Å². The van der Waals surface area contributed by atoms with Crippen molar-refractivity contribution in [2.75, 3.05) is 11.1 Å². The van der Waals surface area contributed by atoms with Crippen molar-refractivity contribution in [2.45, 2.75) is 9.79 Å². The van der Waals surface area contributed by atoms with Gasteiger partial charge in [0.15, 0.2) is 0 Å². The third-order valence-electron chi connectivity index (χ3n) is 4.48. The number of hydrogen-bond donors (Lipinski definition) is 2. The second-order valence-corrected chi connectivity index (χ2v) is 9.37. The first-order valence-corrected chi connectivity index (χ1v) is 11.8. The van der Waals surface area contributed by atoms with Gasteiger partial charge < -0.3 is 11.1 Å². The average molecular weight is 523 g/mol. The Labute approximate surface area is 215 Å². The van der Waals surface area contributed by atoms with Crippen molar-refractivity contribution in [3.05, 3.63) is 88.9 Å². The Morgan fingerprint density at radius 1 is 0.941 bits per heavy atom. The van der Waals surface area contributed by atoms with Gasteiger partial charge in [0.2, 0.25) is 0 Å². The Balaban J connectivity index is 0.00000274. The Morgan fingerprint density at radius 2 is 1.79 bits per heavy atom. The molecule has 5 rings (SSSR count). The lowest BCUT2D eigenvalue weighted by atomic mass is 10.3. The molecule has 0 saturated carbocycles. The van der Waals surface area contributed by atoms with Crippen LogP contribution in [0.1, 0.15) is 10.6 Å². The molecule has 0 spiro atoms. The number of hydrogen-bond acceptors (Lipinski definition) is 8. The molecule has 10 heteroatoms. The SMILES string of the molecule is Cl.Nc1cnc(C#Cc2cc3c(Nc4ccc(Sc5ccccc5)c(Cl)c4)ncnc3s2)cn1. The smallest absolute Gasteiger partial charge is 0.142 e. The number of fused-ring (bicyclic) bond motifs is 1. The molecular weight excluding hydrogens is 507 g/mol. The van der Waals surface area contributed by atoms with Gasteiger partial charge in [0.1, 0.15) is 28.5 Å². The number of rotatable bonds is 4. The number of nitrogens with zero attached hydrogens (tertiary/aromatic N) is 4. The number of aromatic nitrogens is 4. The topological polar surface area (TPSA) is 89.6 Å². The van der Waals surface area contributed by atoms with Gasteiger partial charge in [0.05, 0.1) is 27.7 Å². The van der Waals surface area contributed by atoms with E-state index in [9.17, 15) is 0 Å². The van der Waals surface area contributed by atoms with Crippen LogP contribution < -0.4 is 11.1 Å². The molecule has 0 fully saturated rings. The lowest BCUT2D eigenvalue weighted by molar-refractivity contribution is 1.18. The summed E-state index contributed by atoms with van der Waals surface area (Å²) < 4.78 is 0.